The lowest BCUT2D eigenvalue weighted by atomic mass is 9.96. The van der Waals surface area contributed by atoms with Crippen LogP contribution >= 0.6 is 0 Å². The summed E-state index contributed by atoms with van der Waals surface area (Å²) in [5.41, 5.74) is 0. The lowest BCUT2D eigenvalue weighted by Gasteiger charge is -2.44. The number of carbonyl (C=O) groups is 4. The summed E-state index contributed by atoms with van der Waals surface area (Å²) in [5, 5.41) is 2.55. The van der Waals surface area contributed by atoms with Crippen LogP contribution in [0.25, 0.3) is 0 Å². The van der Waals surface area contributed by atoms with Crippen LogP contribution in [0.15, 0.2) is 0 Å². The molecule has 1 saturated heterocycles. The summed E-state index contributed by atoms with van der Waals surface area (Å²) < 4.78 is 26.6. The first kappa shape index (κ1) is 22.4. The summed E-state index contributed by atoms with van der Waals surface area (Å²) in [7, 11) is 0. The van der Waals surface area contributed by atoms with E-state index in [4.69, 9.17) is 30.1 Å². The van der Waals surface area contributed by atoms with Crippen LogP contribution in [0.2, 0.25) is 0 Å². The highest BCUT2D eigenvalue weighted by molar-refractivity contribution is 5.73. The molecule has 0 aromatic carbocycles. The van der Waals surface area contributed by atoms with Gasteiger partial charge >= 0.3 is 17.9 Å². The molecule has 0 aromatic rings. The van der Waals surface area contributed by atoms with Crippen LogP contribution in [0.4, 0.5) is 0 Å². The molecule has 0 aromatic heterocycles. The third-order valence-corrected chi connectivity index (χ3v) is 3.40. The zero-order valence-corrected chi connectivity index (χ0v) is 15.6. The molecule has 0 radical (unpaired) electrons. The molecule has 0 aliphatic carbocycles. The summed E-state index contributed by atoms with van der Waals surface area (Å²) in [4.78, 5) is 45.9. The van der Waals surface area contributed by atoms with Crippen LogP contribution in [0, 0.1) is 12.3 Å². The number of terminal acetylenes is 1. The van der Waals surface area contributed by atoms with Gasteiger partial charge < -0.3 is 29.0 Å². The zero-order chi connectivity index (χ0) is 20.6. The van der Waals surface area contributed by atoms with Crippen LogP contribution in [0.3, 0.4) is 0 Å². The maximum Gasteiger partial charge on any atom is 0.303 e. The quantitative estimate of drug-likeness (QED) is 0.343. The summed E-state index contributed by atoms with van der Waals surface area (Å²) in [6.45, 7) is 4.29. The topological polar surface area (TPSA) is 126 Å². The van der Waals surface area contributed by atoms with E-state index in [0.717, 1.165) is 13.8 Å². The minimum absolute atomic E-state index is 0.161. The molecule has 27 heavy (non-hydrogen) atoms. The van der Waals surface area contributed by atoms with E-state index >= 15 is 0 Å². The summed E-state index contributed by atoms with van der Waals surface area (Å²) in [5.74, 6) is -0.158. The van der Waals surface area contributed by atoms with Gasteiger partial charge in [0.25, 0.3) is 0 Å². The van der Waals surface area contributed by atoms with Crippen LogP contribution in [-0.2, 0) is 42.9 Å². The number of ether oxygens (including phenoxy) is 5. The van der Waals surface area contributed by atoms with Crippen molar-refractivity contribution in [3.8, 4) is 12.3 Å². The Hall–Kier alpha value is -2.64. The molecule has 1 fully saturated rings. The number of esters is 3. The van der Waals surface area contributed by atoms with E-state index in [2.05, 4.69) is 11.2 Å². The molecule has 10 heteroatoms. The third-order valence-electron chi connectivity index (χ3n) is 3.40. The second kappa shape index (κ2) is 10.5. The Balaban J connectivity index is 3.25. The Kier molecular flexibility index (Phi) is 8.71. The first-order valence-electron chi connectivity index (χ1n) is 8.11. The van der Waals surface area contributed by atoms with Crippen LogP contribution in [0.5, 0.6) is 0 Å². The summed E-state index contributed by atoms with van der Waals surface area (Å²) in [6, 6.07) is -1.02. The van der Waals surface area contributed by atoms with Crippen LogP contribution < -0.4 is 5.32 Å². The van der Waals surface area contributed by atoms with Crippen LogP contribution in [-0.4, -0.2) is 67.7 Å². The SMILES string of the molecule is C#CCO[C@@H]1O[C@H](COC(C)=O)[C@@H](OC(C)=O)[C@H](OC(C)=O)[C@H]1NC(C)=O. The maximum absolute atomic E-state index is 11.6. The predicted molar refractivity (Wildman–Crippen MR) is 88.8 cm³/mol. The maximum atomic E-state index is 11.6. The first-order chi connectivity index (χ1) is 12.6. The van der Waals surface area contributed by atoms with Crippen molar-refractivity contribution in [3.63, 3.8) is 0 Å². The smallest absolute Gasteiger partial charge is 0.303 e. The minimum atomic E-state index is -1.16. The molecule has 0 saturated carbocycles. The Morgan fingerprint density at radius 2 is 1.59 bits per heavy atom. The van der Waals surface area contributed by atoms with Gasteiger partial charge in [0.1, 0.15) is 25.4 Å². The van der Waals surface area contributed by atoms with Gasteiger partial charge in [-0.15, -0.1) is 6.42 Å². The van der Waals surface area contributed by atoms with Gasteiger partial charge in [-0.3, -0.25) is 19.2 Å². The van der Waals surface area contributed by atoms with Gasteiger partial charge in [-0.1, -0.05) is 5.92 Å². The molecule has 150 valence electrons. The predicted octanol–water partition coefficient (Wildman–Crippen LogP) is -0.708. The van der Waals surface area contributed by atoms with E-state index < -0.39 is 54.5 Å². The largest absolute Gasteiger partial charge is 0.463 e. The fourth-order valence-corrected chi connectivity index (χ4v) is 2.56. The van der Waals surface area contributed by atoms with E-state index in [1.807, 2.05) is 0 Å². The van der Waals surface area contributed by atoms with Gasteiger partial charge in [-0.25, -0.2) is 0 Å². The average Bonchev–Trinajstić information content (AvgIpc) is 2.54. The second-order valence-corrected chi connectivity index (χ2v) is 5.74. The molecule has 1 heterocycles. The highest BCUT2D eigenvalue weighted by Gasteiger charge is 2.51. The number of nitrogens with one attached hydrogen (secondary N) is 1. The Morgan fingerprint density at radius 1 is 1.00 bits per heavy atom. The van der Waals surface area contributed by atoms with Gasteiger partial charge in [0.05, 0.1) is 0 Å². The fourth-order valence-electron chi connectivity index (χ4n) is 2.56. The first-order valence-corrected chi connectivity index (χ1v) is 8.11. The van der Waals surface area contributed by atoms with Crippen molar-refractivity contribution in [2.24, 2.45) is 0 Å². The Labute approximate surface area is 156 Å². The van der Waals surface area contributed by atoms with E-state index in [1.165, 1.54) is 13.8 Å². The van der Waals surface area contributed by atoms with Crippen molar-refractivity contribution in [2.75, 3.05) is 13.2 Å². The molecule has 1 aliphatic heterocycles. The molecular weight excluding hydrogens is 362 g/mol. The number of rotatable bonds is 7. The molecule has 1 amide bonds. The lowest BCUT2D eigenvalue weighted by molar-refractivity contribution is -0.274. The van der Waals surface area contributed by atoms with Gasteiger partial charge in [-0.2, -0.15) is 0 Å². The third kappa shape index (κ3) is 7.24. The van der Waals surface area contributed by atoms with Crippen LogP contribution in [0.1, 0.15) is 27.7 Å². The highest BCUT2D eigenvalue weighted by Crippen LogP contribution is 2.27. The van der Waals surface area contributed by atoms with Gasteiger partial charge in [0.2, 0.25) is 5.91 Å². The second-order valence-electron chi connectivity index (χ2n) is 5.74. The highest BCUT2D eigenvalue weighted by atomic mass is 16.7. The normalized spacial score (nSPS) is 27.0. The molecule has 0 spiro atoms. The van der Waals surface area contributed by atoms with Gasteiger partial charge in [-0.05, 0) is 0 Å². The lowest BCUT2D eigenvalue weighted by Crippen LogP contribution is -2.66. The molecule has 1 N–H and O–H groups in total. The van der Waals surface area contributed by atoms with Gasteiger partial charge in [0.15, 0.2) is 18.5 Å². The molecule has 1 aliphatic rings. The summed E-state index contributed by atoms with van der Waals surface area (Å²) >= 11 is 0. The van der Waals surface area contributed by atoms with E-state index in [0.29, 0.717) is 0 Å². The van der Waals surface area contributed by atoms with Crippen molar-refractivity contribution in [3.05, 3.63) is 0 Å². The van der Waals surface area contributed by atoms with Crippen molar-refractivity contribution in [2.45, 2.75) is 58.3 Å². The van der Waals surface area contributed by atoms with E-state index in [1.54, 1.807) is 0 Å². The molecule has 1 rings (SSSR count). The number of amides is 1. The molecule has 10 nitrogen and oxygen atoms in total. The molecular formula is C17H23NO9. The average molecular weight is 385 g/mol. The van der Waals surface area contributed by atoms with E-state index in [9.17, 15) is 19.2 Å². The fraction of sp³-hybridized carbons (Fsp3) is 0.647. The van der Waals surface area contributed by atoms with E-state index in [-0.39, 0.29) is 13.2 Å². The van der Waals surface area contributed by atoms with Gasteiger partial charge in [0, 0.05) is 27.7 Å². The Bertz CT molecular complexity index is 612. The van der Waals surface area contributed by atoms with Crippen molar-refractivity contribution in [1.82, 2.24) is 5.32 Å². The molecule has 0 bridgehead atoms. The zero-order valence-electron chi connectivity index (χ0n) is 15.6. The van der Waals surface area contributed by atoms with Crippen molar-refractivity contribution < 1.29 is 42.9 Å². The summed E-state index contributed by atoms with van der Waals surface area (Å²) in [6.07, 6.45) is 0.717. The van der Waals surface area contributed by atoms with Crippen molar-refractivity contribution in [1.29, 1.82) is 0 Å². The standard InChI is InChI=1S/C17H23NO9/c1-6-7-23-17-14(18-9(2)19)16(26-12(5)22)15(25-11(4)21)13(27-17)8-24-10(3)20/h1,13-17H,7-8H2,2-5H3,(H,18,19)/t13-,14-,15-,16-,17-/m1/s1. The molecule has 5 atom stereocenters. The number of hydrogen-bond donors (Lipinski definition) is 1. The van der Waals surface area contributed by atoms with Crippen molar-refractivity contribution >= 4 is 23.8 Å². The minimum Gasteiger partial charge on any atom is -0.463 e. The Morgan fingerprint density at radius 3 is 2.07 bits per heavy atom. The number of hydrogen-bond acceptors (Lipinski definition) is 9. The monoisotopic (exact) mass is 385 g/mol. The number of carbonyl (C=O) groups excluding carboxylic acids is 4. The molecule has 0 unspecified atom stereocenters.